The van der Waals surface area contributed by atoms with Crippen molar-refractivity contribution in [3.63, 3.8) is 0 Å². The fourth-order valence-electron chi connectivity index (χ4n) is 2.00. The van der Waals surface area contributed by atoms with Gasteiger partial charge in [0.2, 0.25) is 0 Å². The van der Waals surface area contributed by atoms with E-state index < -0.39 is 0 Å². The molecule has 0 atom stereocenters. The van der Waals surface area contributed by atoms with Gasteiger partial charge >= 0.3 is 5.82 Å². The van der Waals surface area contributed by atoms with Crippen LogP contribution in [-0.4, -0.2) is 19.1 Å². The molecular formula is C14H19N3O. The van der Waals surface area contributed by atoms with Crippen molar-refractivity contribution in [2.75, 3.05) is 19.0 Å². The Balaban J connectivity index is 2.74. The van der Waals surface area contributed by atoms with Crippen LogP contribution in [0.1, 0.15) is 31.3 Å². The molecule has 18 heavy (non-hydrogen) atoms. The van der Waals surface area contributed by atoms with E-state index >= 15 is 0 Å². The highest BCUT2D eigenvalue weighted by molar-refractivity contribution is 5.83. The van der Waals surface area contributed by atoms with Crippen LogP contribution in [0.15, 0.2) is 18.2 Å². The second kappa shape index (κ2) is 4.44. The maximum Gasteiger partial charge on any atom is 0.304 e. The van der Waals surface area contributed by atoms with Crippen molar-refractivity contribution >= 4 is 16.6 Å². The van der Waals surface area contributed by atoms with Gasteiger partial charge in [-0.15, -0.1) is 0 Å². The van der Waals surface area contributed by atoms with Crippen LogP contribution < -0.4 is 9.63 Å². The lowest BCUT2D eigenvalue weighted by molar-refractivity contribution is -0.623. The Hall–Kier alpha value is -1.84. The highest BCUT2D eigenvalue weighted by Gasteiger charge is 2.18. The average molecular weight is 245 g/mol. The molecule has 2 aromatic rings. The second-order valence-corrected chi connectivity index (χ2v) is 5.10. The van der Waals surface area contributed by atoms with Crippen LogP contribution in [0.25, 0.3) is 10.9 Å². The first kappa shape index (κ1) is 12.6. The molecule has 0 amide bonds. The van der Waals surface area contributed by atoms with Gasteiger partial charge in [0.1, 0.15) is 5.69 Å². The topological polar surface area (TPSA) is 43.1 Å². The molecule has 4 nitrogen and oxygen atoms in total. The number of hydrogen-bond donors (Lipinski definition) is 0. The fourth-order valence-corrected chi connectivity index (χ4v) is 2.00. The SMILES string of the molecule is Cc1c2cc(N(C)C)ccc2nc(C(C)C)[n+]1[O-]. The summed E-state index contributed by atoms with van der Waals surface area (Å²) in [6, 6.07) is 6.01. The first-order valence-corrected chi connectivity index (χ1v) is 6.13. The van der Waals surface area contributed by atoms with Crippen molar-refractivity contribution in [2.24, 2.45) is 0 Å². The number of rotatable bonds is 2. The number of nitrogens with zero attached hydrogens (tertiary/aromatic N) is 3. The summed E-state index contributed by atoms with van der Waals surface area (Å²) in [6.07, 6.45) is 0. The van der Waals surface area contributed by atoms with Gasteiger partial charge in [0.15, 0.2) is 5.52 Å². The van der Waals surface area contributed by atoms with Gasteiger partial charge in [-0.1, -0.05) is 13.8 Å². The van der Waals surface area contributed by atoms with Crippen LogP contribution in [-0.2, 0) is 0 Å². The van der Waals surface area contributed by atoms with Crippen LogP contribution in [0, 0.1) is 12.1 Å². The van der Waals surface area contributed by atoms with E-state index in [-0.39, 0.29) is 5.92 Å². The Morgan fingerprint density at radius 2 is 1.94 bits per heavy atom. The van der Waals surface area contributed by atoms with Gasteiger partial charge in [0.25, 0.3) is 0 Å². The van der Waals surface area contributed by atoms with Crippen LogP contribution in [0.4, 0.5) is 5.69 Å². The largest absolute Gasteiger partial charge is 0.711 e. The van der Waals surface area contributed by atoms with Crippen LogP contribution in [0.2, 0.25) is 0 Å². The summed E-state index contributed by atoms with van der Waals surface area (Å²) in [7, 11) is 3.97. The quantitative estimate of drug-likeness (QED) is 0.602. The molecule has 1 aromatic carbocycles. The average Bonchev–Trinajstić information content (AvgIpc) is 2.32. The lowest BCUT2D eigenvalue weighted by Crippen LogP contribution is -2.37. The van der Waals surface area contributed by atoms with E-state index in [1.807, 2.05) is 58.0 Å². The molecule has 0 fully saturated rings. The summed E-state index contributed by atoms with van der Waals surface area (Å²) in [5.41, 5.74) is 2.67. The molecule has 0 aliphatic rings. The highest BCUT2D eigenvalue weighted by atomic mass is 16.5. The Labute approximate surface area is 107 Å². The number of aromatic nitrogens is 2. The normalized spacial score (nSPS) is 11.2. The minimum atomic E-state index is 0.124. The van der Waals surface area contributed by atoms with Gasteiger partial charge in [0, 0.05) is 19.8 Å². The van der Waals surface area contributed by atoms with Crippen molar-refractivity contribution < 1.29 is 4.73 Å². The molecule has 4 heteroatoms. The minimum Gasteiger partial charge on any atom is -0.711 e. The molecule has 0 spiro atoms. The lowest BCUT2D eigenvalue weighted by Gasteiger charge is -2.16. The zero-order valence-electron chi connectivity index (χ0n) is 11.6. The second-order valence-electron chi connectivity index (χ2n) is 5.10. The molecule has 1 aromatic heterocycles. The summed E-state index contributed by atoms with van der Waals surface area (Å²) < 4.78 is 0.951. The minimum absolute atomic E-state index is 0.124. The molecule has 0 N–H and O–H groups in total. The first-order chi connectivity index (χ1) is 8.41. The van der Waals surface area contributed by atoms with Gasteiger partial charge in [-0.05, 0) is 30.1 Å². The zero-order chi connectivity index (χ0) is 13.4. The van der Waals surface area contributed by atoms with Gasteiger partial charge in [-0.2, -0.15) is 0 Å². The Morgan fingerprint density at radius 3 is 2.50 bits per heavy atom. The fraction of sp³-hybridized carbons (Fsp3) is 0.429. The predicted octanol–water partition coefficient (Wildman–Crippen LogP) is 2.37. The summed E-state index contributed by atoms with van der Waals surface area (Å²) in [5.74, 6) is 0.705. The smallest absolute Gasteiger partial charge is 0.304 e. The van der Waals surface area contributed by atoms with E-state index in [2.05, 4.69) is 4.98 Å². The maximum absolute atomic E-state index is 12.1. The number of anilines is 1. The maximum atomic E-state index is 12.1. The van der Waals surface area contributed by atoms with E-state index in [0.717, 1.165) is 21.3 Å². The third-order valence-electron chi connectivity index (χ3n) is 3.15. The third kappa shape index (κ3) is 1.98. The Kier molecular flexibility index (Phi) is 3.11. The molecule has 0 aliphatic heterocycles. The molecule has 0 saturated heterocycles. The third-order valence-corrected chi connectivity index (χ3v) is 3.15. The van der Waals surface area contributed by atoms with Gasteiger partial charge in [-0.3, -0.25) is 0 Å². The molecule has 0 aliphatic carbocycles. The van der Waals surface area contributed by atoms with Crippen molar-refractivity contribution in [3.8, 4) is 0 Å². The number of aryl methyl sites for hydroxylation is 1. The molecule has 0 bridgehead atoms. The van der Waals surface area contributed by atoms with Crippen LogP contribution in [0.5, 0.6) is 0 Å². The van der Waals surface area contributed by atoms with E-state index in [1.165, 1.54) is 0 Å². The van der Waals surface area contributed by atoms with Gasteiger partial charge in [0.05, 0.1) is 11.3 Å². The number of fused-ring (bicyclic) bond motifs is 1. The van der Waals surface area contributed by atoms with E-state index in [0.29, 0.717) is 11.5 Å². The van der Waals surface area contributed by atoms with Gasteiger partial charge in [-0.25, -0.2) is 4.73 Å². The zero-order valence-corrected chi connectivity index (χ0v) is 11.6. The lowest BCUT2D eigenvalue weighted by atomic mass is 10.1. The first-order valence-electron chi connectivity index (χ1n) is 6.13. The van der Waals surface area contributed by atoms with Crippen molar-refractivity contribution in [3.05, 3.63) is 34.9 Å². The summed E-state index contributed by atoms with van der Waals surface area (Å²) in [5, 5.41) is 13.1. The number of hydrogen-bond acceptors (Lipinski definition) is 3. The molecule has 96 valence electrons. The van der Waals surface area contributed by atoms with E-state index in [9.17, 15) is 5.21 Å². The van der Waals surface area contributed by atoms with Crippen LogP contribution >= 0.6 is 0 Å². The van der Waals surface area contributed by atoms with Crippen molar-refractivity contribution in [1.29, 1.82) is 0 Å². The van der Waals surface area contributed by atoms with Crippen LogP contribution in [0.3, 0.4) is 0 Å². The molecular weight excluding hydrogens is 226 g/mol. The summed E-state index contributed by atoms with van der Waals surface area (Å²) in [4.78, 5) is 6.49. The molecule has 0 saturated carbocycles. The Morgan fingerprint density at radius 1 is 1.28 bits per heavy atom. The van der Waals surface area contributed by atoms with Crippen molar-refractivity contribution in [2.45, 2.75) is 26.7 Å². The highest BCUT2D eigenvalue weighted by Crippen LogP contribution is 2.22. The molecule has 0 radical (unpaired) electrons. The van der Waals surface area contributed by atoms with Gasteiger partial charge < -0.3 is 10.1 Å². The summed E-state index contributed by atoms with van der Waals surface area (Å²) in [6.45, 7) is 5.81. The molecule has 0 unspecified atom stereocenters. The molecule has 1 heterocycles. The van der Waals surface area contributed by atoms with E-state index in [4.69, 9.17) is 0 Å². The monoisotopic (exact) mass is 245 g/mol. The standard InChI is InChI=1S/C14H19N3O/c1-9(2)14-15-13-7-6-11(16(4)5)8-12(13)10(3)17(14)18/h6-9H,1-5H3. The Bertz CT molecular complexity index is 591. The predicted molar refractivity (Wildman–Crippen MR) is 73.9 cm³/mol. The summed E-state index contributed by atoms with van der Waals surface area (Å²) >= 11 is 0. The molecule has 2 rings (SSSR count). The van der Waals surface area contributed by atoms with Crippen molar-refractivity contribution in [1.82, 2.24) is 4.98 Å². The number of benzene rings is 1. The van der Waals surface area contributed by atoms with E-state index in [1.54, 1.807) is 0 Å².